The second-order valence-electron chi connectivity index (χ2n) is 8.36. The van der Waals surface area contributed by atoms with Crippen LogP contribution in [0.5, 0.6) is 0 Å². The van der Waals surface area contributed by atoms with Gasteiger partial charge < -0.3 is 10.1 Å². The molecule has 1 atom stereocenters. The summed E-state index contributed by atoms with van der Waals surface area (Å²) in [5, 5.41) is 3.62. The Bertz CT molecular complexity index is 724. The largest absolute Gasteiger partial charge is 0.375 e. The van der Waals surface area contributed by atoms with Crippen molar-refractivity contribution < 1.29 is 9.13 Å². The van der Waals surface area contributed by atoms with Gasteiger partial charge in [0.1, 0.15) is 5.82 Å². The minimum Gasteiger partial charge on any atom is -0.375 e. The van der Waals surface area contributed by atoms with Crippen LogP contribution in [0.25, 0.3) is 0 Å². The molecule has 2 aromatic carbocycles. The van der Waals surface area contributed by atoms with Gasteiger partial charge in [0.2, 0.25) is 0 Å². The van der Waals surface area contributed by atoms with Crippen LogP contribution in [0.4, 0.5) is 4.39 Å². The van der Waals surface area contributed by atoms with E-state index in [0.29, 0.717) is 0 Å². The van der Waals surface area contributed by atoms with Crippen molar-refractivity contribution in [1.29, 1.82) is 0 Å². The second-order valence-corrected chi connectivity index (χ2v) is 8.36. The predicted octanol–water partition coefficient (Wildman–Crippen LogP) is 5.37. The number of benzene rings is 2. The SMILES string of the molecule is Fc1ccc([C@]2(CCNCc3ccccc3)CCOC3(CCCC3)C2)cc1. The molecule has 2 nitrogen and oxygen atoms in total. The van der Waals surface area contributed by atoms with Gasteiger partial charge in [-0.05, 0) is 61.9 Å². The first-order chi connectivity index (χ1) is 13.2. The topological polar surface area (TPSA) is 21.3 Å². The lowest BCUT2D eigenvalue weighted by Crippen LogP contribution is -2.47. The third-order valence-electron chi connectivity index (χ3n) is 6.57. The van der Waals surface area contributed by atoms with Crippen molar-refractivity contribution in [3.05, 3.63) is 71.5 Å². The first-order valence-electron chi connectivity index (χ1n) is 10.3. The van der Waals surface area contributed by atoms with E-state index in [-0.39, 0.29) is 16.8 Å². The maximum atomic E-state index is 13.5. The number of hydrogen-bond acceptors (Lipinski definition) is 2. The molecule has 4 rings (SSSR count). The summed E-state index contributed by atoms with van der Waals surface area (Å²) in [7, 11) is 0. The lowest BCUT2D eigenvalue weighted by atomic mass is 9.66. The molecule has 1 N–H and O–H groups in total. The van der Waals surface area contributed by atoms with Crippen LogP contribution in [0.15, 0.2) is 54.6 Å². The van der Waals surface area contributed by atoms with Crippen LogP contribution in [0.2, 0.25) is 0 Å². The van der Waals surface area contributed by atoms with Gasteiger partial charge in [-0.15, -0.1) is 0 Å². The van der Waals surface area contributed by atoms with E-state index in [0.717, 1.165) is 39.0 Å². The van der Waals surface area contributed by atoms with Gasteiger partial charge in [-0.3, -0.25) is 0 Å². The monoisotopic (exact) mass is 367 g/mol. The summed E-state index contributed by atoms with van der Waals surface area (Å²) in [6, 6.07) is 17.8. The summed E-state index contributed by atoms with van der Waals surface area (Å²) in [6.07, 6.45) is 8.04. The van der Waals surface area contributed by atoms with E-state index in [1.807, 2.05) is 12.1 Å². The highest BCUT2D eigenvalue weighted by Crippen LogP contribution is 2.50. The van der Waals surface area contributed by atoms with Crippen molar-refractivity contribution in [1.82, 2.24) is 5.32 Å². The van der Waals surface area contributed by atoms with Crippen LogP contribution in [-0.2, 0) is 16.7 Å². The average Bonchev–Trinajstić information content (AvgIpc) is 3.14. The van der Waals surface area contributed by atoms with Crippen molar-refractivity contribution in [3.63, 3.8) is 0 Å². The van der Waals surface area contributed by atoms with Crippen molar-refractivity contribution >= 4 is 0 Å². The first kappa shape index (κ1) is 18.6. The van der Waals surface area contributed by atoms with Crippen LogP contribution < -0.4 is 5.32 Å². The van der Waals surface area contributed by atoms with Crippen LogP contribution in [0, 0.1) is 5.82 Å². The van der Waals surface area contributed by atoms with Crippen molar-refractivity contribution in [3.8, 4) is 0 Å². The predicted molar refractivity (Wildman–Crippen MR) is 107 cm³/mol. The molecule has 27 heavy (non-hydrogen) atoms. The normalized spacial score (nSPS) is 24.3. The zero-order chi connectivity index (χ0) is 18.6. The Hall–Kier alpha value is -1.71. The Labute approximate surface area is 162 Å². The molecule has 0 unspecified atom stereocenters. The molecule has 1 saturated heterocycles. The average molecular weight is 368 g/mol. The number of halogens is 1. The molecule has 2 aliphatic rings. The smallest absolute Gasteiger partial charge is 0.123 e. The summed E-state index contributed by atoms with van der Waals surface area (Å²) in [6.45, 7) is 2.67. The fourth-order valence-electron chi connectivity index (χ4n) is 5.12. The molecule has 1 heterocycles. The van der Waals surface area contributed by atoms with E-state index in [4.69, 9.17) is 4.74 Å². The summed E-state index contributed by atoms with van der Waals surface area (Å²) >= 11 is 0. The minimum atomic E-state index is -0.154. The Morgan fingerprint density at radius 3 is 2.41 bits per heavy atom. The van der Waals surface area contributed by atoms with Gasteiger partial charge in [0.05, 0.1) is 5.60 Å². The highest BCUT2D eigenvalue weighted by Gasteiger charge is 2.47. The zero-order valence-electron chi connectivity index (χ0n) is 16.1. The van der Waals surface area contributed by atoms with Gasteiger partial charge in [0.25, 0.3) is 0 Å². The van der Waals surface area contributed by atoms with Crippen molar-refractivity contribution in [2.45, 2.75) is 62.5 Å². The highest BCUT2D eigenvalue weighted by molar-refractivity contribution is 5.28. The molecule has 0 radical (unpaired) electrons. The van der Waals surface area contributed by atoms with E-state index in [1.165, 1.54) is 36.8 Å². The number of rotatable bonds is 6. The van der Waals surface area contributed by atoms with Crippen molar-refractivity contribution in [2.75, 3.05) is 13.2 Å². The van der Waals surface area contributed by atoms with Gasteiger partial charge in [-0.2, -0.15) is 0 Å². The maximum absolute atomic E-state index is 13.5. The van der Waals surface area contributed by atoms with E-state index < -0.39 is 0 Å². The van der Waals surface area contributed by atoms with Crippen LogP contribution in [-0.4, -0.2) is 18.8 Å². The molecule has 0 bridgehead atoms. The van der Waals surface area contributed by atoms with E-state index in [2.05, 4.69) is 35.6 Å². The fraction of sp³-hybridized carbons (Fsp3) is 0.500. The lowest BCUT2D eigenvalue weighted by Gasteiger charge is -2.47. The zero-order valence-corrected chi connectivity index (χ0v) is 16.1. The summed E-state index contributed by atoms with van der Waals surface area (Å²) in [4.78, 5) is 0. The number of nitrogens with one attached hydrogen (secondary N) is 1. The molecule has 1 saturated carbocycles. The van der Waals surface area contributed by atoms with Gasteiger partial charge in [0, 0.05) is 18.6 Å². The Kier molecular flexibility index (Phi) is 5.60. The molecular weight excluding hydrogens is 337 g/mol. The third-order valence-corrected chi connectivity index (χ3v) is 6.57. The minimum absolute atomic E-state index is 0.0477. The fourth-order valence-corrected chi connectivity index (χ4v) is 5.12. The standard InChI is InChI=1S/C24H30FNO/c25-22-10-8-21(9-11-22)23(14-16-26-18-20-6-2-1-3-7-20)15-17-27-24(19-23)12-4-5-13-24/h1-3,6-11,26H,4-5,12-19H2/t23-/m1/s1. The van der Waals surface area contributed by atoms with E-state index in [1.54, 1.807) is 12.1 Å². The van der Waals surface area contributed by atoms with Gasteiger partial charge in [-0.25, -0.2) is 4.39 Å². The summed E-state index contributed by atoms with van der Waals surface area (Å²) in [5.41, 5.74) is 2.72. The first-order valence-corrected chi connectivity index (χ1v) is 10.3. The Morgan fingerprint density at radius 2 is 1.67 bits per heavy atom. The summed E-state index contributed by atoms with van der Waals surface area (Å²) in [5.74, 6) is -0.154. The van der Waals surface area contributed by atoms with Crippen LogP contribution in [0.1, 0.15) is 56.1 Å². The van der Waals surface area contributed by atoms with Crippen LogP contribution in [0.3, 0.4) is 0 Å². The molecule has 0 aromatic heterocycles. The van der Waals surface area contributed by atoms with Crippen molar-refractivity contribution in [2.24, 2.45) is 0 Å². The molecule has 1 aliphatic carbocycles. The molecular formula is C24H30FNO. The molecule has 3 heteroatoms. The quantitative estimate of drug-likeness (QED) is 0.693. The highest BCUT2D eigenvalue weighted by atomic mass is 19.1. The summed E-state index contributed by atoms with van der Waals surface area (Å²) < 4.78 is 19.8. The maximum Gasteiger partial charge on any atom is 0.123 e. The lowest BCUT2D eigenvalue weighted by molar-refractivity contribution is -0.103. The van der Waals surface area contributed by atoms with E-state index in [9.17, 15) is 4.39 Å². The molecule has 1 aliphatic heterocycles. The molecule has 1 spiro atoms. The van der Waals surface area contributed by atoms with Gasteiger partial charge >= 0.3 is 0 Å². The number of ether oxygens (including phenoxy) is 1. The molecule has 144 valence electrons. The Morgan fingerprint density at radius 1 is 0.926 bits per heavy atom. The van der Waals surface area contributed by atoms with Crippen LogP contribution >= 0.6 is 0 Å². The number of hydrogen-bond donors (Lipinski definition) is 1. The van der Waals surface area contributed by atoms with E-state index >= 15 is 0 Å². The van der Waals surface area contributed by atoms with Gasteiger partial charge in [0.15, 0.2) is 0 Å². The molecule has 2 fully saturated rings. The van der Waals surface area contributed by atoms with Gasteiger partial charge in [-0.1, -0.05) is 55.3 Å². The third kappa shape index (κ3) is 4.25. The molecule has 2 aromatic rings. The molecule has 0 amide bonds. The Balaban J connectivity index is 1.48. The second kappa shape index (κ2) is 8.12.